The summed E-state index contributed by atoms with van der Waals surface area (Å²) in [5.74, 6) is 0.0829. The molecule has 1 saturated heterocycles. The Bertz CT molecular complexity index is 708. The van der Waals surface area contributed by atoms with Crippen LogP contribution in [0.2, 0.25) is 0 Å². The van der Waals surface area contributed by atoms with Crippen LogP contribution in [0.3, 0.4) is 0 Å². The first-order chi connectivity index (χ1) is 11.9. The Kier molecular flexibility index (Phi) is 4.52. The Labute approximate surface area is 149 Å². The average molecular weight is 373 g/mol. The lowest BCUT2D eigenvalue weighted by atomic mass is 10.0. The van der Waals surface area contributed by atoms with Crippen molar-refractivity contribution in [3.8, 4) is 0 Å². The lowest BCUT2D eigenvalue weighted by molar-refractivity contribution is -0.142. The molecule has 144 valence electrons. The fraction of sp³-hybridized carbons (Fsp3) is 0.706. The third kappa shape index (κ3) is 4.37. The molecule has 0 bridgehead atoms. The van der Waals surface area contributed by atoms with Gasteiger partial charge in [0.1, 0.15) is 12.1 Å². The highest BCUT2D eigenvalue weighted by atomic mass is 19.4. The highest BCUT2D eigenvalue weighted by molar-refractivity contribution is 5.90. The minimum atomic E-state index is -4.37. The number of Topliss-reactive ketones (excluding diaryl/α,β-unsaturated/α-hetero) is 1. The second-order valence-electron chi connectivity index (χ2n) is 7.97. The number of likely N-dealkylation sites (tertiary alicyclic amines) is 1. The van der Waals surface area contributed by atoms with Crippen LogP contribution in [0.5, 0.6) is 0 Å². The molecule has 6 nitrogen and oxygen atoms in total. The Morgan fingerprint density at radius 2 is 1.96 bits per heavy atom. The molecule has 26 heavy (non-hydrogen) atoms. The van der Waals surface area contributed by atoms with Crippen molar-refractivity contribution in [1.82, 2.24) is 14.7 Å². The summed E-state index contributed by atoms with van der Waals surface area (Å²) in [6, 6.07) is 0.833. The van der Waals surface area contributed by atoms with Gasteiger partial charge in [-0.25, -0.2) is 4.79 Å². The largest absolute Gasteiger partial charge is 0.444 e. The number of alkyl halides is 3. The van der Waals surface area contributed by atoms with Gasteiger partial charge in [0.2, 0.25) is 0 Å². The maximum Gasteiger partial charge on any atom is 0.411 e. The third-order valence-corrected chi connectivity index (χ3v) is 4.47. The molecule has 0 unspecified atom stereocenters. The molecule has 1 aromatic heterocycles. The standard InChI is InChI=1S/C17H22F3N3O3/c1-16(2,3)26-15(25)23-12-6-10(12)7-13(23)14(24)8-11-4-5-22(21-11)9-17(18,19)20/h4-5,10,12-13H,6-9H2,1-3H3/t10-,12-,13+/m1/s1. The molecule has 0 aromatic carbocycles. The lowest BCUT2D eigenvalue weighted by Gasteiger charge is -2.29. The van der Waals surface area contributed by atoms with Crippen LogP contribution in [-0.2, 0) is 22.5 Å². The predicted molar refractivity (Wildman–Crippen MR) is 85.4 cm³/mol. The van der Waals surface area contributed by atoms with Gasteiger partial charge in [0, 0.05) is 12.2 Å². The van der Waals surface area contributed by atoms with Gasteiger partial charge in [-0.2, -0.15) is 18.3 Å². The molecule has 1 saturated carbocycles. The minimum Gasteiger partial charge on any atom is -0.444 e. The fourth-order valence-corrected chi connectivity index (χ4v) is 3.39. The number of ether oxygens (including phenoxy) is 1. The van der Waals surface area contributed by atoms with Gasteiger partial charge in [-0.3, -0.25) is 14.4 Å². The Morgan fingerprint density at radius 3 is 2.58 bits per heavy atom. The zero-order valence-electron chi connectivity index (χ0n) is 14.9. The van der Waals surface area contributed by atoms with Crippen LogP contribution < -0.4 is 0 Å². The highest BCUT2D eigenvalue weighted by Gasteiger charge is 2.56. The molecular formula is C17H22F3N3O3. The van der Waals surface area contributed by atoms with E-state index in [0.29, 0.717) is 12.3 Å². The van der Waals surface area contributed by atoms with Gasteiger partial charge in [-0.15, -0.1) is 0 Å². The third-order valence-electron chi connectivity index (χ3n) is 4.47. The number of halogens is 3. The Hall–Kier alpha value is -2.06. The van der Waals surface area contributed by atoms with E-state index < -0.39 is 30.5 Å². The van der Waals surface area contributed by atoms with Gasteiger partial charge in [0.15, 0.2) is 5.78 Å². The highest BCUT2D eigenvalue weighted by Crippen LogP contribution is 2.48. The molecule has 1 aromatic rings. The van der Waals surface area contributed by atoms with Crippen molar-refractivity contribution in [2.24, 2.45) is 5.92 Å². The first-order valence-electron chi connectivity index (χ1n) is 8.56. The van der Waals surface area contributed by atoms with Crippen molar-refractivity contribution in [3.63, 3.8) is 0 Å². The number of amides is 1. The number of fused-ring (bicyclic) bond motifs is 1. The molecule has 9 heteroatoms. The van der Waals surface area contributed by atoms with Crippen LogP contribution >= 0.6 is 0 Å². The number of hydrogen-bond donors (Lipinski definition) is 0. The van der Waals surface area contributed by atoms with Crippen molar-refractivity contribution in [2.45, 2.75) is 70.4 Å². The lowest BCUT2D eigenvalue weighted by Crippen LogP contribution is -2.46. The summed E-state index contributed by atoms with van der Waals surface area (Å²) in [6.45, 7) is 4.08. The van der Waals surface area contributed by atoms with Crippen LogP contribution in [0.15, 0.2) is 12.3 Å². The molecule has 2 heterocycles. The van der Waals surface area contributed by atoms with Crippen LogP contribution in [0.25, 0.3) is 0 Å². The molecule has 0 spiro atoms. The van der Waals surface area contributed by atoms with Gasteiger partial charge in [-0.1, -0.05) is 0 Å². The van der Waals surface area contributed by atoms with Gasteiger partial charge in [0.25, 0.3) is 0 Å². The van der Waals surface area contributed by atoms with E-state index in [9.17, 15) is 22.8 Å². The van der Waals surface area contributed by atoms with Crippen LogP contribution in [-0.4, -0.2) is 50.4 Å². The van der Waals surface area contributed by atoms with Gasteiger partial charge in [-0.05, 0) is 45.6 Å². The Morgan fingerprint density at radius 1 is 1.27 bits per heavy atom. The second kappa shape index (κ2) is 6.28. The van der Waals surface area contributed by atoms with E-state index in [4.69, 9.17) is 4.74 Å². The van der Waals surface area contributed by atoms with E-state index in [2.05, 4.69) is 5.10 Å². The van der Waals surface area contributed by atoms with Gasteiger partial charge >= 0.3 is 12.3 Å². The van der Waals surface area contributed by atoms with Crippen molar-refractivity contribution in [3.05, 3.63) is 18.0 Å². The second-order valence-corrected chi connectivity index (χ2v) is 7.97. The van der Waals surface area contributed by atoms with Crippen molar-refractivity contribution in [1.29, 1.82) is 0 Å². The van der Waals surface area contributed by atoms with E-state index in [-0.39, 0.29) is 23.9 Å². The molecule has 2 fully saturated rings. The van der Waals surface area contributed by atoms with E-state index in [1.54, 1.807) is 20.8 Å². The van der Waals surface area contributed by atoms with Crippen molar-refractivity contribution < 1.29 is 27.5 Å². The molecule has 1 aliphatic carbocycles. The molecule has 3 atom stereocenters. The van der Waals surface area contributed by atoms with Crippen LogP contribution in [0.1, 0.15) is 39.3 Å². The van der Waals surface area contributed by atoms with E-state index in [1.165, 1.54) is 17.2 Å². The van der Waals surface area contributed by atoms with Crippen LogP contribution in [0, 0.1) is 5.92 Å². The van der Waals surface area contributed by atoms with E-state index in [0.717, 1.165) is 11.1 Å². The summed E-state index contributed by atoms with van der Waals surface area (Å²) in [6.07, 6.45) is -2.34. The topological polar surface area (TPSA) is 64.4 Å². The number of carbonyl (C=O) groups is 2. The van der Waals surface area contributed by atoms with E-state index >= 15 is 0 Å². The first kappa shape index (κ1) is 18.7. The van der Waals surface area contributed by atoms with Gasteiger partial charge < -0.3 is 4.74 Å². The first-order valence-corrected chi connectivity index (χ1v) is 8.56. The maximum absolute atomic E-state index is 12.6. The normalized spacial score (nSPS) is 25.2. The van der Waals surface area contributed by atoms with Crippen molar-refractivity contribution in [2.75, 3.05) is 0 Å². The fourth-order valence-electron chi connectivity index (χ4n) is 3.39. The summed E-state index contributed by atoms with van der Waals surface area (Å²) in [4.78, 5) is 26.6. The average Bonchev–Trinajstić information content (AvgIpc) is 2.89. The zero-order chi connectivity index (χ0) is 19.3. The SMILES string of the molecule is CC(C)(C)OC(=O)N1[C@@H]2C[C@@H]2C[C@H]1C(=O)Cc1ccn(CC(F)(F)F)n1. The number of rotatable bonds is 4. The number of ketones is 1. The molecule has 1 amide bonds. The number of nitrogens with zero attached hydrogens (tertiary/aromatic N) is 3. The quantitative estimate of drug-likeness (QED) is 0.814. The Balaban J connectivity index is 1.65. The summed E-state index contributed by atoms with van der Waals surface area (Å²) in [5.41, 5.74) is -0.391. The zero-order valence-corrected chi connectivity index (χ0v) is 14.9. The summed E-state index contributed by atoms with van der Waals surface area (Å²) < 4.78 is 43.4. The molecule has 0 radical (unpaired) electrons. The number of hydrogen-bond acceptors (Lipinski definition) is 4. The predicted octanol–water partition coefficient (Wildman–Crippen LogP) is 2.95. The molecule has 2 aliphatic rings. The van der Waals surface area contributed by atoms with Crippen molar-refractivity contribution >= 4 is 11.9 Å². The summed E-state index contributed by atoms with van der Waals surface area (Å²) in [7, 11) is 0. The monoisotopic (exact) mass is 373 g/mol. The summed E-state index contributed by atoms with van der Waals surface area (Å²) >= 11 is 0. The maximum atomic E-state index is 12.6. The number of piperidine rings is 1. The van der Waals surface area contributed by atoms with Gasteiger partial charge in [0.05, 0.1) is 18.2 Å². The number of carbonyl (C=O) groups excluding carboxylic acids is 2. The minimum absolute atomic E-state index is 0.0292. The molecule has 3 rings (SSSR count). The van der Waals surface area contributed by atoms with E-state index in [1.807, 2.05) is 0 Å². The molecule has 0 N–H and O–H groups in total. The molecular weight excluding hydrogens is 351 g/mol. The summed E-state index contributed by atoms with van der Waals surface area (Å²) in [5, 5.41) is 3.81. The van der Waals surface area contributed by atoms with Crippen LogP contribution in [0.4, 0.5) is 18.0 Å². The molecule has 1 aliphatic heterocycles. The number of aromatic nitrogens is 2. The smallest absolute Gasteiger partial charge is 0.411 e.